The largest absolute Gasteiger partial charge is 0.378 e. The molecule has 2 aromatic carbocycles. The maximum atomic E-state index is 12.4. The summed E-state index contributed by atoms with van der Waals surface area (Å²) in [5, 5.41) is 16.7. The van der Waals surface area contributed by atoms with Gasteiger partial charge in [0.05, 0.1) is 4.92 Å². The molecule has 24 heavy (non-hydrogen) atoms. The summed E-state index contributed by atoms with van der Waals surface area (Å²) in [5.74, 6) is -0.446. The van der Waals surface area contributed by atoms with Crippen LogP contribution >= 0.6 is 0 Å². The highest BCUT2D eigenvalue weighted by molar-refractivity contribution is 6.09. The normalized spacial score (nSPS) is 10.0. The Labute approximate surface area is 138 Å². The standard InChI is InChI=1S/C17H17N3O4/c1-12(21)18-9-10-19-15-8-7-14(11-16(15)20(23)24)17(22)13-5-3-2-4-6-13/h2-8,11,19H,9-10H2,1H3,(H,18,21). The van der Waals surface area contributed by atoms with Crippen molar-refractivity contribution in [3.05, 3.63) is 69.8 Å². The summed E-state index contributed by atoms with van der Waals surface area (Å²) in [4.78, 5) is 33.9. The predicted octanol–water partition coefficient (Wildman–Crippen LogP) is 2.37. The Balaban J connectivity index is 2.19. The molecule has 0 fully saturated rings. The van der Waals surface area contributed by atoms with Crippen molar-refractivity contribution in [2.45, 2.75) is 6.92 Å². The van der Waals surface area contributed by atoms with Gasteiger partial charge in [0.15, 0.2) is 5.78 Å². The molecule has 0 saturated heterocycles. The van der Waals surface area contributed by atoms with Crippen LogP contribution < -0.4 is 10.6 Å². The van der Waals surface area contributed by atoms with Gasteiger partial charge in [-0.3, -0.25) is 19.7 Å². The number of nitro benzene ring substituents is 1. The van der Waals surface area contributed by atoms with Crippen molar-refractivity contribution < 1.29 is 14.5 Å². The van der Waals surface area contributed by atoms with Gasteiger partial charge in [0, 0.05) is 37.2 Å². The van der Waals surface area contributed by atoms with Gasteiger partial charge in [-0.1, -0.05) is 30.3 Å². The van der Waals surface area contributed by atoms with Crippen LogP contribution in [0.1, 0.15) is 22.8 Å². The molecular weight excluding hydrogens is 310 g/mol. The van der Waals surface area contributed by atoms with E-state index in [1.54, 1.807) is 36.4 Å². The molecule has 1 amide bonds. The second kappa shape index (κ2) is 7.87. The second-order valence-electron chi connectivity index (χ2n) is 5.09. The van der Waals surface area contributed by atoms with Crippen LogP contribution in [0.2, 0.25) is 0 Å². The van der Waals surface area contributed by atoms with E-state index in [1.165, 1.54) is 19.1 Å². The van der Waals surface area contributed by atoms with Crippen molar-refractivity contribution in [3.8, 4) is 0 Å². The first-order chi connectivity index (χ1) is 11.5. The van der Waals surface area contributed by atoms with E-state index >= 15 is 0 Å². The van der Waals surface area contributed by atoms with Gasteiger partial charge in [0.25, 0.3) is 5.69 Å². The summed E-state index contributed by atoms with van der Waals surface area (Å²) in [5.41, 5.74) is 0.841. The van der Waals surface area contributed by atoms with Gasteiger partial charge in [-0.05, 0) is 12.1 Å². The fraction of sp³-hybridized carbons (Fsp3) is 0.176. The summed E-state index contributed by atoms with van der Waals surface area (Å²) >= 11 is 0. The van der Waals surface area contributed by atoms with Gasteiger partial charge in [0.1, 0.15) is 5.69 Å². The van der Waals surface area contributed by atoms with Gasteiger partial charge in [-0.2, -0.15) is 0 Å². The average molecular weight is 327 g/mol. The van der Waals surface area contributed by atoms with E-state index in [4.69, 9.17) is 0 Å². The zero-order chi connectivity index (χ0) is 17.5. The van der Waals surface area contributed by atoms with E-state index in [0.717, 1.165) is 0 Å². The van der Waals surface area contributed by atoms with Crippen molar-refractivity contribution in [1.29, 1.82) is 0 Å². The minimum absolute atomic E-state index is 0.171. The number of hydrogen-bond acceptors (Lipinski definition) is 5. The fourth-order valence-electron chi connectivity index (χ4n) is 2.17. The Morgan fingerprint density at radius 2 is 1.75 bits per heavy atom. The Morgan fingerprint density at radius 3 is 2.38 bits per heavy atom. The molecule has 0 aliphatic rings. The van der Waals surface area contributed by atoms with E-state index in [0.29, 0.717) is 24.3 Å². The summed E-state index contributed by atoms with van der Waals surface area (Å²) in [6, 6.07) is 12.9. The highest BCUT2D eigenvalue weighted by Crippen LogP contribution is 2.26. The molecule has 0 aromatic heterocycles. The number of amides is 1. The first kappa shape index (κ1) is 17.1. The smallest absolute Gasteiger partial charge is 0.293 e. The quantitative estimate of drug-likeness (QED) is 0.352. The van der Waals surface area contributed by atoms with Crippen LogP contribution in [0.5, 0.6) is 0 Å². The van der Waals surface area contributed by atoms with Crippen molar-refractivity contribution in [3.63, 3.8) is 0 Å². The number of nitro groups is 1. The van der Waals surface area contributed by atoms with E-state index in [9.17, 15) is 19.7 Å². The zero-order valence-corrected chi connectivity index (χ0v) is 13.1. The summed E-state index contributed by atoms with van der Waals surface area (Å²) < 4.78 is 0. The lowest BCUT2D eigenvalue weighted by molar-refractivity contribution is -0.384. The van der Waals surface area contributed by atoms with Crippen LogP contribution in [-0.4, -0.2) is 29.7 Å². The molecule has 7 heteroatoms. The number of anilines is 1. The van der Waals surface area contributed by atoms with Gasteiger partial charge in [-0.15, -0.1) is 0 Å². The molecular formula is C17H17N3O4. The van der Waals surface area contributed by atoms with E-state index in [2.05, 4.69) is 10.6 Å². The van der Waals surface area contributed by atoms with Crippen molar-refractivity contribution in [2.24, 2.45) is 0 Å². The lowest BCUT2D eigenvalue weighted by atomic mass is 10.0. The van der Waals surface area contributed by atoms with Gasteiger partial charge in [-0.25, -0.2) is 0 Å². The molecule has 0 radical (unpaired) electrons. The third-order valence-corrected chi connectivity index (χ3v) is 3.31. The number of nitrogens with zero attached hydrogens (tertiary/aromatic N) is 1. The molecule has 2 rings (SSSR count). The van der Waals surface area contributed by atoms with Crippen LogP contribution in [0.25, 0.3) is 0 Å². The third kappa shape index (κ3) is 4.39. The molecule has 124 valence electrons. The number of ketones is 1. The Morgan fingerprint density at radius 1 is 1.04 bits per heavy atom. The summed E-state index contributed by atoms with van der Waals surface area (Å²) in [6.45, 7) is 2.08. The fourth-order valence-corrected chi connectivity index (χ4v) is 2.17. The zero-order valence-electron chi connectivity index (χ0n) is 13.1. The van der Waals surface area contributed by atoms with Crippen molar-refractivity contribution in [2.75, 3.05) is 18.4 Å². The minimum Gasteiger partial charge on any atom is -0.378 e. The minimum atomic E-state index is -0.539. The molecule has 0 unspecified atom stereocenters. The molecule has 0 atom stereocenters. The Hall–Kier alpha value is -3.22. The lowest BCUT2D eigenvalue weighted by Gasteiger charge is -2.09. The van der Waals surface area contributed by atoms with E-state index in [-0.39, 0.29) is 22.9 Å². The number of carbonyl (C=O) groups is 2. The SMILES string of the molecule is CC(=O)NCCNc1ccc(C(=O)c2ccccc2)cc1[N+](=O)[O-]. The number of rotatable bonds is 7. The van der Waals surface area contributed by atoms with Crippen LogP contribution in [0.4, 0.5) is 11.4 Å². The second-order valence-corrected chi connectivity index (χ2v) is 5.09. The molecule has 0 aliphatic heterocycles. The molecule has 7 nitrogen and oxygen atoms in total. The monoisotopic (exact) mass is 327 g/mol. The van der Waals surface area contributed by atoms with Crippen molar-refractivity contribution >= 4 is 23.1 Å². The molecule has 0 aliphatic carbocycles. The first-order valence-corrected chi connectivity index (χ1v) is 7.35. The number of benzene rings is 2. The third-order valence-electron chi connectivity index (χ3n) is 3.31. The van der Waals surface area contributed by atoms with Gasteiger partial charge >= 0.3 is 0 Å². The maximum Gasteiger partial charge on any atom is 0.293 e. The molecule has 0 saturated carbocycles. The molecule has 2 aromatic rings. The Kier molecular flexibility index (Phi) is 5.62. The van der Waals surface area contributed by atoms with Gasteiger partial charge < -0.3 is 10.6 Å². The summed E-state index contributed by atoms with van der Waals surface area (Å²) in [7, 11) is 0. The average Bonchev–Trinajstić information content (AvgIpc) is 2.58. The molecule has 0 bridgehead atoms. The number of nitrogens with one attached hydrogen (secondary N) is 2. The lowest BCUT2D eigenvalue weighted by Crippen LogP contribution is -2.26. The van der Waals surface area contributed by atoms with Crippen LogP contribution in [0, 0.1) is 10.1 Å². The van der Waals surface area contributed by atoms with Gasteiger partial charge in [0.2, 0.25) is 5.91 Å². The number of hydrogen-bond donors (Lipinski definition) is 2. The van der Waals surface area contributed by atoms with E-state index < -0.39 is 4.92 Å². The molecule has 0 spiro atoms. The maximum absolute atomic E-state index is 12.4. The van der Waals surface area contributed by atoms with E-state index in [1.807, 2.05) is 0 Å². The predicted molar refractivity (Wildman–Crippen MR) is 90.1 cm³/mol. The topological polar surface area (TPSA) is 101 Å². The number of carbonyl (C=O) groups excluding carboxylic acids is 2. The first-order valence-electron chi connectivity index (χ1n) is 7.35. The van der Waals surface area contributed by atoms with Crippen LogP contribution in [0.3, 0.4) is 0 Å². The van der Waals surface area contributed by atoms with Crippen molar-refractivity contribution in [1.82, 2.24) is 5.32 Å². The van der Waals surface area contributed by atoms with Crippen LogP contribution in [-0.2, 0) is 4.79 Å². The molecule has 0 heterocycles. The van der Waals surface area contributed by atoms with Crippen LogP contribution in [0.15, 0.2) is 48.5 Å². The Bertz CT molecular complexity index is 760. The highest BCUT2D eigenvalue weighted by Gasteiger charge is 2.18. The highest BCUT2D eigenvalue weighted by atomic mass is 16.6. The molecule has 2 N–H and O–H groups in total. The summed E-state index contributed by atoms with van der Waals surface area (Å²) in [6.07, 6.45) is 0.